The maximum absolute atomic E-state index is 11.0. The smallest absolute Gasteiger partial charge is 0.334 e. The number of rotatable bonds is 5. The van der Waals surface area contributed by atoms with Crippen molar-refractivity contribution in [2.45, 2.75) is 33.0 Å². The molecule has 13 heavy (non-hydrogen) atoms. The van der Waals surface area contributed by atoms with E-state index >= 15 is 0 Å². The number of hydrogen-bond donors (Lipinski definition) is 1. The Morgan fingerprint density at radius 2 is 2.23 bits per heavy atom. The molecule has 0 rings (SSSR count). The van der Waals surface area contributed by atoms with Crippen LogP contribution in [0.25, 0.3) is 0 Å². The van der Waals surface area contributed by atoms with Crippen LogP contribution in [0.15, 0.2) is 11.8 Å². The summed E-state index contributed by atoms with van der Waals surface area (Å²) < 4.78 is 9.55. The second kappa shape index (κ2) is 6.48. The Bertz CT molecular complexity index is 189. The van der Waals surface area contributed by atoms with Gasteiger partial charge in [0.15, 0.2) is 6.29 Å². The molecule has 0 bridgehead atoms. The largest absolute Gasteiger partial charge is 0.433 e. The number of esters is 1. The Balaban J connectivity index is 3.91. The molecule has 0 aromatic heterocycles. The van der Waals surface area contributed by atoms with Crippen LogP contribution in [-0.2, 0) is 14.3 Å². The molecule has 0 saturated heterocycles. The van der Waals surface area contributed by atoms with Gasteiger partial charge in [-0.3, -0.25) is 0 Å². The lowest BCUT2D eigenvalue weighted by Crippen LogP contribution is -2.15. The number of nitrogens with two attached hydrogens (primary N) is 1. The Labute approximate surface area is 78.7 Å². The Hall–Kier alpha value is -1.03. The zero-order valence-corrected chi connectivity index (χ0v) is 8.37. The normalized spacial score (nSPS) is 13.9. The molecule has 4 heteroatoms. The van der Waals surface area contributed by atoms with Gasteiger partial charge >= 0.3 is 5.97 Å². The molecule has 0 aliphatic carbocycles. The quantitative estimate of drug-likeness (QED) is 0.398. The fourth-order valence-corrected chi connectivity index (χ4v) is 0.758. The standard InChI is InChI=1S/C9H17NO3/c1-4-5-8(10)6-9(11)13-7(2)12-3/h6-7H,4-5,10H2,1-3H3/b8-6-. The molecule has 0 spiro atoms. The average Bonchev–Trinajstić information content (AvgIpc) is 2.04. The lowest BCUT2D eigenvalue weighted by atomic mass is 10.2. The molecule has 1 unspecified atom stereocenters. The molecule has 4 nitrogen and oxygen atoms in total. The summed E-state index contributed by atoms with van der Waals surface area (Å²) in [4.78, 5) is 11.0. The van der Waals surface area contributed by atoms with Crippen molar-refractivity contribution in [2.24, 2.45) is 5.73 Å². The van der Waals surface area contributed by atoms with E-state index in [1.165, 1.54) is 13.2 Å². The third-order valence-electron chi connectivity index (χ3n) is 1.46. The highest BCUT2D eigenvalue weighted by molar-refractivity contribution is 5.82. The van der Waals surface area contributed by atoms with E-state index in [1.807, 2.05) is 6.92 Å². The second-order valence-electron chi connectivity index (χ2n) is 2.71. The van der Waals surface area contributed by atoms with Crippen LogP contribution in [0.4, 0.5) is 0 Å². The molecule has 0 aliphatic rings. The topological polar surface area (TPSA) is 61.6 Å². The molecule has 0 amide bonds. The van der Waals surface area contributed by atoms with E-state index in [4.69, 9.17) is 15.2 Å². The molecule has 0 aromatic carbocycles. The minimum absolute atomic E-state index is 0.458. The monoisotopic (exact) mass is 187 g/mol. The summed E-state index contributed by atoms with van der Waals surface area (Å²) in [6, 6.07) is 0. The van der Waals surface area contributed by atoms with Crippen LogP contribution in [0.3, 0.4) is 0 Å². The van der Waals surface area contributed by atoms with Crippen molar-refractivity contribution in [1.82, 2.24) is 0 Å². The zero-order chi connectivity index (χ0) is 10.3. The van der Waals surface area contributed by atoms with E-state index in [0.717, 1.165) is 6.42 Å². The summed E-state index contributed by atoms with van der Waals surface area (Å²) in [5.41, 5.74) is 6.06. The fourth-order valence-electron chi connectivity index (χ4n) is 0.758. The van der Waals surface area contributed by atoms with Crippen molar-refractivity contribution in [3.8, 4) is 0 Å². The summed E-state index contributed by atoms with van der Waals surface area (Å²) in [6.07, 6.45) is 2.38. The van der Waals surface area contributed by atoms with Crippen molar-refractivity contribution in [3.63, 3.8) is 0 Å². The zero-order valence-electron chi connectivity index (χ0n) is 8.37. The maximum Gasteiger partial charge on any atom is 0.334 e. The maximum atomic E-state index is 11.0. The fraction of sp³-hybridized carbons (Fsp3) is 0.667. The van der Waals surface area contributed by atoms with Crippen LogP contribution < -0.4 is 5.73 Å². The van der Waals surface area contributed by atoms with E-state index in [1.54, 1.807) is 6.92 Å². The SMILES string of the molecule is CCC/C(N)=C/C(=O)OC(C)OC. The molecule has 0 saturated carbocycles. The number of carbonyl (C=O) groups is 1. The van der Waals surface area contributed by atoms with Gasteiger partial charge in [0.05, 0.1) is 0 Å². The molecule has 0 aliphatic heterocycles. The minimum Gasteiger partial charge on any atom is -0.433 e. The Kier molecular flexibility index (Phi) is 5.97. The predicted molar refractivity (Wildman–Crippen MR) is 49.7 cm³/mol. The first-order valence-electron chi connectivity index (χ1n) is 4.29. The molecule has 2 N–H and O–H groups in total. The van der Waals surface area contributed by atoms with Crippen molar-refractivity contribution in [3.05, 3.63) is 11.8 Å². The van der Waals surface area contributed by atoms with Crippen LogP contribution in [0, 0.1) is 0 Å². The van der Waals surface area contributed by atoms with E-state index in [2.05, 4.69) is 0 Å². The number of hydrogen-bond acceptors (Lipinski definition) is 4. The van der Waals surface area contributed by atoms with Crippen LogP contribution >= 0.6 is 0 Å². The van der Waals surface area contributed by atoms with Crippen molar-refractivity contribution in [2.75, 3.05) is 7.11 Å². The molecule has 0 fully saturated rings. The van der Waals surface area contributed by atoms with Crippen molar-refractivity contribution < 1.29 is 14.3 Å². The van der Waals surface area contributed by atoms with Gasteiger partial charge in [0.1, 0.15) is 0 Å². The molecule has 0 radical (unpaired) electrons. The van der Waals surface area contributed by atoms with Crippen LogP contribution in [0.2, 0.25) is 0 Å². The minimum atomic E-state index is -0.529. The molecule has 0 heterocycles. The van der Waals surface area contributed by atoms with Gasteiger partial charge in [0.25, 0.3) is 0 Å². The highest BCUT2D eigenvalue weighted by atomic mass is 16.7. The van der Waals surface area contributed by atoms with Crippen molar-refractivity contribution >= 4 is 5.97 Å². The first kappa shape index (κ1) is 12.0. The third-order valence-corrected chi connectivity index (χ3v) is 1.46. The first-order valence-corrected chi connectivity index (χ1v) is 4.29. The Morgan fingerprint density at radius 3 is 2.69 bits per heavy atom. The third kappa shape index (κ3) is 6.16. The Morgan fingerprint density at radius 1 is 1.62 bits per heavy atom. The van der Waals surface area contributed by atoms with Crippen LogP contribution in [0.5, 0.6) is 0 Å². The average molecular weight is 187 g/mol. The number of allylic oxidation sites excluding steroid dienone is 1. The van der Waals surface area contributed by atoms with Crippen molar-refractivity contribution in [1.29, 1.82) is 0 Å². The predicted octanol–water partition coefficient (Wildman–Crippen LogP) is 1.16. The highest BCUT2D eigenvalue weighted by Crippen LogP contribution is 1.99. The molecular weight excluding hydrogens is 170 g/mol. The van der Waals surface area contributed by atoms with Gasteiger partial charge in [-0.25, -0.2) is 4.79 Å². The summed E-state index contributed by atoms with van der Waals surface area (Å²) in [5.74, 6) is -0.458. The van der Waals surface area contributed by atoms with Gasteiger partial charge in [-0.1, -0.05) is 13.3 Å². The van der Waals surface area contributed by atoms with Gasteiger partial charge in [0, 0.05) is 18.9 Å². The van der Waals surface area contributed by atoms with Gasteiger partial charge in [-0.15, -0.1) is 0 Å². The van der Waals surface area contributed by atoms with Gasteiger partial charge < -0.3 is 15.2 Å². The lowest BCUT2D eigenvalue weighted by molar-refractivity contribution is -0.163. The highest BCUT2D eigenvalue weighted by Gasteiger charge is 2.05. The van der Waals surface area contributed by atoms with E-state index in [9.17, 15) is 4.79 Å². The lowest BCUT2D eigenvalue weighted by Gasteiger charge is -2.09. The molecule has 76 valence electrons. The number of methoxy groups -OCH3 is 1. The van der Waals surface area contributed by atoms with E-state index in [-0.39, 0.29) is 0 Å². The van der Waals surface area contributed by atoms with Crippen LogP contribution in [0.1, 0.15) is 26.7 Å². The molecule has 0 aromatic rings. The summed E-state index contributed by atoms with van der Waals surface area (Å²) >= 11 is 0. The molecular formula is C9H17NO3. The second-order valence-corrected chi connectivity index (χ2v) is 2.71. The van der Waals surface area contributed by atoms with Gasteiger partial charge in [-0.05, 0) is 13.3 Å². The van der Waals surface area contributed by atoms with Crippen LogP contribution in [-0.4, -0.2) is 19.4 Å². The van der Waals surface area contributed by atoms with Gasteiger partial charge in [0.2, 0.25) is 0 Å². The van der Waals surface area contributed by atoms with Gasteiger partial charge in [-0.2, -0.15) is 0 Å². The number of carbonyl (C=O) groups excluding carboxylic acids is 1. The number of ether oxygens (including phenoxy) is 2. The summed E-state index contributed by atoms with van der Waals surface area (Å²) in [5, 5.41) is 0. The first-order chi connectivity index (χ1) is 6.10. The summed E-state index contributed by atoms with van der Waals surface area (Å²) in [7, 11) is 1.47. The summed E-state index contributed by atoms with van der Waals surface area (Å²) in [6.45, 7) is 3.63. The van der Waals surface area contributed by atoms with E-state index in [0.29, 0.717) is 12.1 Å². The van der Waals surface area contributed by atoms with E-state index < -0.39 is 12.3 Å². The molecule has 1 atom stereocenters.